The summed E-state index contributed by atoms with van der Waals surface area (Å²) in [5.41, 5.74) is 0.719. The number of likely N-dealkylation sites (tertiary alicyclic amines) is 1. The van der Waals surface area contributed by atoms with Crippen molar-refractivity contribution in [2.75, 3.05) is 39.2 Å². The lowest BCUT2D eigenvalue weighted by Gasteiger charge is -2.31. The van der Waals surface area contributed by atoms with Crippen molar-refractivity contribution in [3.63, 3.8) is 0 Å². The van der Waals surface area contributed by atoms with Crippen LogP contribution in [0.5, 0.6) is 11.5 Å². The number of carbonyl (C=O) groups excluding carboxylic acids is 1. The lowest BCUT2D eigenvalue weighted by atomic mass is 9.95. The normalized spacial score (nSPS) is 15.8. The van der Waals surface area contributed by atoms with Gasteiger partial charge >= 0.3 is 0 Å². The highest BCUT2D eigenvalue weighted by atomic mass is 32.1. The number of nitrogens with zero attached hydrogens (tertiary/aromatic N) is 1. The van der Waals surface area contributed by atoms with Gasteiger partial charge in [-0.2, -0.15) is 0 Å². The van der Waals surface area contributed by atoms with Gasteiger partial charge in [-0.25, -0.2) is 0 Å². The summed E-state index contributed by atoms with van der Waals surface area (Å²) in [6, 6.07) is 9.72. The maximum Gasteiger partial charge on any atom is 0.238 e. The van der Waals surface area contributed by atoms with Gasteiger partial charge in [-0.3, -0.25) is 9.69 Å². The van der Waals surface area contributed by atoms with Gasteiger partial charge in [0.1, 0.15) is 0 Å². The Balaban J connectivity index is 1.50. The molecule has 0 unspecified atom stereocenters. The van der Waals surface area contributed by atoms with Crippen molar-refractivity contribution < 1.29 is 14.3 Å². The van der Waals surface area contributed by atoms with Crippen molar-refractivity contribution in [1.82, 2.24) is 4.90 Å². The molecule has 6 heteroatoms. The van der Waals surface area contributed by atoms with E-state index in [1.54, 1.807) is 26.4 Å². The van der Waals surface area contributed by atoms with Crippen LogP contribution in [0.15, 0.2) is 35.7 Å². The second-order valence-corrected chi connectivity index (χ2v) is 7.16. The van der Waals surface area contributed by atoms with Crippen molar-refractivity contribution in [2.45, 2.75) is 18.8 Å². The molecule has 0 spiro atoms. The molecule has 1 amide bonds. The molecule has 0 saturated carbocycles. The molecule has 2 heterocycles. The van der Waals surface area contributed by atoms with Crippen LogP contribution in [0, 0.1) is 0 Å². The monoisotopic (exact) mass is 360 g/mol. The number of benzene rings is 1. The van der Waals surface area contributed by atoms with E-state index >= 15 is 0 Å². The van der Waals surface area contributed by atoms with Gasteiger partial charge in [-0.05, 0) is 55.4 Å². The number of ether oxygens (including phenoxy) is 2. The molecule has 1 aliphatic rings. The number of carbonyl (C=O) groups is 1. The highest BCUT2D eigenvalue weighted by Gasteiger charge is 2.22. The second-order valence-electron chi connectivity index (χ2n) is 6.18. The Kier molecular flexibility index (Phi) is 5.94. The molecular weight excluding hydrogens is 336 g/mol. The van der Waals surface area contributed by atoms with Gasteiger partial charge in [0.2, 0.25) is 5.91 Å². The van der Waals surface area contributed by atoms with E-state index in [1.165, 1.54) is 4.88 Å². The van der Waals surface area contributed by atoms with Gasteiger partial charge < -0.3 is 14.8 Å². The number of nitrogens with one attached hydrogen (secondary N) is 1. The molecule has 1 aromatic heterocycles. The minimum absolute atomic E-state index is 0.00166. The summed E-state index contributed by atoms with van der Waals surface area (Å²) < 4.78 is 10.5. The Bertz CT molecular complexity index is 695. The standard InChI is InChI=1S/C19H24N2O3S/c1-23-16-6-5-15(12-17(16)24-2)20-19(22)13-21-9-7-14(8-10-21)18-4-3-11-25-18/h3-6,11-12,14H,7-10,13H2,1-2H3,(H,20,22). The zero-order chi connectivity index (χ0) is 17.6. The minimum Gasteiger partial charge on any atom is -0.493 e. The van der Waals surface area contributed by atoms with E-state index in [0.717, 1.165) is 31.6 Å². The first-order chi connectivity index (χ1) is 12.2. The van der Waals surface area contributed by atoms with Crippen molar-refractivity contribution in [1.29, 1.82) is 0 Å². The third kappa shape index (κ3) is 4.52. The third-order valence-corrected chi connectivity index (χ3v) is 5.60. The van der Waals surface area contributed by atoms with Gasteiger partial charge in [0, 0.05) is 16.6 Å². The molecular formula is C19H24N2O3S. The molecule has 3 rings (SSSR count). The molecule has 0 bridgehead atoms. The molecule has 5 nitrogen and oxygen atoms in total. The molecule has 0 radical (unpaired) electrons. The molecule has 1 aliphatic heterocycles. The topological polar surface area (TPSA) is 50.8 Å². The minimum atomic E-state index is 0.00166. The van der Waals surface area contributed by atoms with Gasteiger partial charge in [-0.1, -0.05) is 6.07 Å². The van der Waals surface area contributed by atoms with E-state index in [1.807, 2.05) is 17.4 Å². The number of piperidine rings is 1. The van der Waals surface area contributed by atoms with Gasteiger partial charge in [0.05, 0.1) is 20.8 Å². The van der Waals surface area contributed by atoms with Crippen molar-refractivity contribution in [3.8, 4) is 11.5 Å². The maximum absolute atomic E-state index is 12.3. The Morgan fingerprint density at radius 3 is 2.60 bits per heavy atom. The summed E-state index contributed by atoms with van der Waals surface area (Å²) in [6.45, 7) is 2.34. The first-order valence-electron chi connectivity index (χ1n) is 8.47. The summed E-state index contributed by atoms with van der Waals surface area (Å²) in [6.07, 6.45) is 2.23. The average Bonchev–Trinajstić information content (AvgIpc) is 3.17. The fourth-order valence-electron chi connectivity index (χ4n) is 3.22. The average molecular weight is 360 g/mol. The smallest absolute Gasteiger partial charge is 0.238 e. The molecule has 1 saturated heterocycles. The van der Waals surface area contributed by atoms with Crippen LogP contribution in [0.1, 0.15) is 23.6 Å². The zero-order valence-corrected chi connectivity index (χ0v) is 15.5. The number of methoxy groups -OCH3 is 2. The van der Waals surface area contributed by atoms with E-state index < -0.39 is 0 Å². The highest BCUT2D eigenvalue weighted by Crippen LogP contribution is 2.31. The predicted octanol–water partition coefficient (Wildman–Crippen LogP) is 3.58. The molecule has 0 aliphatic carbocycles. The predicted molar refractivity (Wildman–Crippen MR) is 101 cm³/mol. The Morgan fingerprint density at radius 2 is 1.96 bits per heavy atom. The maximum atomic E-state index is 12.3. The van der Waals surface area contributed by atoms with Gasteiger partial charge in [0.25, 0.3) is 0 Å². The largest absolute Gasteiger partial charge is 0.493 e. The number of anilines is 1. The number of thiophene rings is 1. The number of rotatable bonds is 6. The van der Waals surface area contributed by atoms with E-state index in [9.17, 15) is 4.79 Å². The molecule has 2 aromatic rings. The summed E-state index contributed by atoms with van der Waals surface area (Å²) in [4.78, 5) is 16.0. The summed E-state index contributed by atoms with van der Waals surface area (Å²) in [5, 5.41) is 5.08. The van der Waals surface area contributed by atoms with Crippen LogP contribution in [0.2, 0.25) is 0 Å². The van der Waals surface area contributed by atoms with E-state index in [0.29, 0.717) is 24.0 Å². The Hall–Kier alpha value is -2.05. The second kappa shape index (κ2) is 8.36. The lowest BCUT2D eigenvalue weighted by molar-refractivity contribution is -0.117. The fourth-order valence-corrected chi connectivity index (χ4v) is 4.12. The van der Waals surface area contributed by atoms with Crippen molar-refractivity contribution >= 4 is 22.9 Å². The molecule has 1 fully saturated rings. The Morgan fingerprint density at radius 1 is 1.20 bits per heavy atom. The van der Waals surface area contributed by atoms with E-state index in [2.05, 4.69) is 27.7 Å². The summed E-state index contributed by atoms with van der Waals surface area (Å²) in [7, 11) is 3.18. The third-order valence-electron chi connectivity index (χ3n) is 4.57. The Labute approximate surface area is 152 Å². The molecule has 25 heavy (non-hydrogen) atoms. The van der Waals surface area contributed by atoms with Crippen molar-refractivity contribution in [2.24, 2.45) is 0 Å². The van der Waals surface area contributed by atoms with Crippen LogP contribution >= 0.6 is 11.3 Å². The SMILES string of the molecule is COc1ccc(NC(=O)CN2CCC(c3cccs3)CC2)cc1OC. The van der Waals surface area contributed by atoms with Crippen LogP contribution in [0.4, 0.5) is 5.69 Å². The summed E-state index contributed by atoms with van der Waals surface area (Å²) in [5.74, 6) is 1.90. The van der Waals surface area contributed by atoms with Crippen LogP contribution in [0.25, 0.3) is 0 Å². The number of hydrogen-bond acceptors (Lipinski definition) is 5. The fraction of sp³-hybridized carbons (Fsp3) is 0.421. The van der Waals surface area contributed by atoms with Crippen molar-refractivity contribution in [3.05, 3.63) is 40.6 Å². The molecule has 1 N–H and O–H groups in total. The number of hydrogen-bond donors (Lipinski definition) is 1. The van der Waals surface area contributed by atoms with E-state index in [4.69, 9.17) is 9.47 Å². The zero-order valence-electron chi connectivity index (χ0n) is 14.7. The molecule has 0 atom stereocenters. The van der Waals surface area contributed by atoms with Crippen LogP contribution in [0.3, 0.4) is 0 Å². The van der Waals surface area contributed by atoms with Crippen LogP contribution in [-0.4, -0.2) is 44.7 Å². The number of amides is 1. The van der Waals surface area contributed by atoms with Crippen LogP contribution < -0.4 is 14.8 Å². The van der Waals surface area contributed by atoms with Gasteiger partial charge in [0.15, 0.2) is 11.5 Å². The highest BCUT2D eigenvalue weighted by molar-refractivity contribution is 7.10. The quantitative estimate of drug-likeness (QED) is 0.855. The first-order valence-corrected chi connectivity index (χ1v) is 9.35. The first kappa shape index (κ1) is 17.8. The van der Waals surface area contributed by atoms with Crippen LogP contribution in [-0.2, 0) is 4.79 Å². The molecule has 1 aromatic carbocycles. The van der Waals surface area contributed by atoms with Gasteiger partial charge in [-0.15, -0.1) is 11.3 Å². The van der Waals surface area contributed by atoms with E-state index in [-0.39, 0.29) is 5.91 Å². The lowest BCUT2D eigenvalue weighted by Crippen LogP contribution is -2.38. The summed E-state index contributed by atoms with van der Waals surface area (Å²) >= 11 is 1.83. The molecule has 134 valence electrons.